The fourth-order valence-corrected chi connectivity index (χ4v) is 5.41. The number of thiazole rings is 1. The monoisotopic (exact) mass is 468 g/mol. The maximum Gasteiger partial charge on any atom is 0.338 e. The Hall–Kier alpha value is -3.77. The van der Waals surface area contributed by atoms with Gasteiger partial charge in [0, 0.05) is 0 Å². The van der Waals surface area contributed by atoms with E-state index in [1.165, 1.54) is 11.3 Å². The maximum atomic E-state index is 13.7. The molecule has 34 heavy (non-hydrogen) atoms. The zero-order valence-electron chi connectivity index (χ0n) is 19.2. The molecule has 0 bridgehead atoms. The number of ether oxygens (including phenoxy) is 1. The fraction of sp³-hybridized carbons (Fsp3) is 0.179. The number of carbonyl (C=O) groups is 1. The van der Waals surface area contributed by atoms with E-state index in [0.29, 0.717) is 20.6 Å². The van der Waals surface area contributed by atoms with Crippen molar-refractivity contribution in [1.82, 2.24) is 4.57 Å². The third-order valence-corrected chi connectivity index (χ3v) is 7.00. The Morgan fingerprint density at radius 3 is 2.56 bits per heavy atom. The van der Waals surface area contributed by atoms with Crippen molar-refractivity contribution in [3.8, 4) is 0 Å². The number of aryl methyl sites for hydroxylation is 1. The Labute approximate surface area is 201 Å². The van der Waals surface area contributed by atoms with Crippen LogP contribution < -0.4 is 14.9 Å². The molecule has 0 spiro atoms. The fourth-order valence-electron chi connectivity index (χ4n) is 4.37. The molecule has 0 amide bonds. The molecule has 0 saturated carbocycles. The lowest BCUT2D eigenvalue weighted by Gasteiger charge is -2.24. The molecule has 0 saturated heterocycles. The molecular formula is C28H24N2O3S. The summed E-state index contributed by atoms with van der Waals surface area (Å²) in [7, 11) is 0. The number of fused-ring (bicyclic) bond motifs is 2. The molecule has 0 radical (unpaired) electrons. The van der Waals surface area contributed by atoms with Gasteiger partial charge in [-0.2, -0.15) is 0 Å². The Bertz CT molecular complexity index is 1620. The van der Waals surface area contributed by atoms with E-state index in [-0.39, 0.29) is 12.2 Å². The van der Waals surface area contributed by atoms with E-state index >= 15 is 0 Å². The van der Waals surface area contributed by atoms with Gasteiger partial charge >= 0.3 is 5.97 Å². The molecule has 0 fully saturated rings. The van der Waals surface area contributed by atoms with Crippen LogP contribution in [0.25, 0.3) is 16.8 Å². The predicted octanol–water partition coefficient (Wildman–Crippen LogP) is 4.26. The Morgan fingerprint density at radius 1 is 1.06 bits per heavy atom. The van der Waals surface area contributed by atoms with E-state index in [9.17, 15) is 9.59 Å². The van der Waals surface area contributed by atoms with Crippen LogP contribution in [-0.4, -0.2) is 17.1 Å². The summed E-state index contributed by atoms with van der Waals surface area (Å²) in [5.74, 6) is -0.447. The van der Waals surface area contributed by atoms with Gasteiger partial charge < -0.3 is 4.74 Å². The van der Waals surface area contributed by atoms with Gasteiger partial charge in [0.1, 0.15) is 0 Å². The number of hydrogen-bond donors (Lipinski definition) is 0. The molecule has 1 atom stereocenters. The zero-order valence-corrected chi connectivity index (χ0v) is 20.1. The number of nitrogens with zero attached hydrogens (tertiary/aromatic N) is 2. The second-order valence-corrected chi connectivity index (χ2v) is 9.29. The van der Waals surface area contributed by atoms with Crippen LogP contribution >= 0.6 is 11.3 Å². The minimum absolute atomic E-state index is 0.170. The second-order valence-electron chi connectivity index (χ2n) is 8.28. The molecule has 2 heterocycles. The normalized spacial score (nSPS) is 15.9. The molecule has 3 aromatic carbocycles. The molecule has 6 heteroatoms. The van der Waals surface area contributed by atoms with Crippen LogP contribution in [0.3, 0.4) is 0 Å². The number of carbonyl (C=O) groups excluding carboxylic acids is 1. The molecule has 170 valence electrons. The van der Waals surface area contributed by atoms with Gasteiger partial charge in [0.25, 0.3) is 5.56 Å². The third kappa shape index (κ3) is 3.80. The average molecular weight is 469 g/mol. The smallest absolute Gasteiger partial charge is 0.338 e. The standard InChI is InChI=1S/C28H24N2O3S/c1-4-33-27(32)24-18(3)29-28-30(25(24)20-14-12-17(2)13-15-20)26(31)23(34-28)16-21-10-7-9-19-8-5-6-11-22(19)21/h5-16,25H,4H2,1-3H3/t25-/m1/s1. The summed E-state index contributed by atoms with van der Waals surface area (Å²) in [6, 6.07) is 21.5. The highest BCUT2D eigenvalue weighted by Gasteiger charge is 2.33. The summed E-state index contributed by atoms with van der Waals surface area (Å²) in [6.07, 6.45) is 1.92. The number of esters is 1. The molecule has 4 aromatic rings. The lowest BCUT2D eigenvalue weighted by molar-refractivity contribution is -0.139. The number of hydrogen-bond acceptors (Lipinski definition) is 5. The van der Waals surface area contributed by atoms with Crippen LogP contribution in [0.5, 0.6) is 0 Å². The van der Waals surface area contributed by atoms with Gasteiger partial charge in [-0.25, -0.2) is 9.79 Å². The van der Waals surface area contributed by atoms with Crippen molar-refractivity contribution >= 4 is 34.2 Å². The molecule has 5 rings (SSSR count). The van der Waals surface area contributed by atoms with E-state index in [1.807, 2.05) is 61.5 Å². The molecule has 5 nitrogen and oxygen atoms in total. The van der Waals surface area contributed by atoms with Gasteiger partial charge in [-0.15, -0.1) is 0 Å². The predicted molar refractivity (Wildman–Crippen MR) is 136 cm³/mol. The highest BCUT2D eigenvalue weighted by atomic mass is 32.1. The second kappa shape index (κ2) is 8.88. The highest BCUT2D eigenvalue weighted by Crippen LogP contribution is 2.31. The third-order valence-electron chi connectivity index (χ3n) is 6.02. The summed E-state index contributed by atoms with van der Waals surface area (Å²) in [5, 5.41) is 2.19. The van der Waals surface area contributed by atoms with Crippen LogP contribution in [0.4, 0.5) is 0 Å². The first-order valence-electron chi connectivity index (χ1n) is 11.2. The van der Waals surface area contributed by atoms with E-state index < -0.39 is 12.0 Å². The average Bonchev–Trinajstić information content (AvgIpc) is 3.13. The topological polar surface area (TPSA) is 60.7 Å². The van der Waals surface area contributed by atoms with E-state index in [2.05, 4.69) is 23.2 Å². The molecule has 1 aliphatic rings. The van der Waals surface area contributed by atoms with Crippen LogP contribution in [0, 0.1) is 6.92 Å². The quantitative estimate of drug-likeness (QED) is 0.421. The van der Waals surface area contributed by atoms with Crippen molar-refractivity contribution in [2.45, 2.75) is 26.8 Å². The molecule has 1 aromatic heterocycles. The minimum Gasteiger partial charge on any atom is -0.463 e. The van der Waals surface area contributed by atoms with Crippen LogP contribution in [0.2, 0.25) is 0 Å². The first kappa shape index (κ1) is 22.0. The number of aromatic nitrogens is 1. The summed E-state index contributed by atoms with van der Waals surface area (Å²) in [4.78, 5) is 31.9. The van der Waals surface area contributed by atoms with Crippen molar-refractivity contribution in [3.63, 3.8) is 0 Å². The van der Waals surface area contributed by atoms with E-state index in [1.54, 1.807) is 18.4 Å². The molecule has 0 N–H and O–H groups in total. The van der Waals surface area contributed by atoms with Crippen molar-refractivity contribution in [2.75, 3.05) is 6.61 Å². The highest BCUT2D eigenvalue weighted by molar-refractivity contribution is 7.07. The summed E-state index contributed by atoms with van der Waals surface area (Å²) < 4.78 is 7.56. The van der Waals surface area contributed by atoms with Crippen molar-refractivity contribution in [1.29, 1.82) is 0 Å². The molecule has 0 unspecified atom stereocenters. The lowest BCUT2D eigenvalue weighted by atomic mass is 9.95. The Morgan fingerprint density at radius 2 is 1.79 bits per heavy atom. The van der Waals surface area contributed by atoms with Crippen molar-refractivity contribution in [3.05, 3.63) is 114 Å². The van der Waals surface area contributed by atoms with E-state index in [4.69, 9.17) is 4.74 Å². The lowest BCUT2D eigenvalue weighted by Crippen LogP contribution is -2.39. The first-order valence-corrected chi connectivity index (χ1v) is 12.0. The van der Waals surface area contributed by atoms with Crippen molar-refractivity contribution < 1.29 is 9.53 Å². The Balaban J connectivity index is 1.75. The van der Waals surface area contributed by atoms with E-state index in [0.717, 1.165) is 27.5 Å². The van der Waals surface area contributed by atoms with Crippen molar-refractivity contribution in [2.24, 2.45) is 4.99 Å². The minimum atomic E-state index is -0.592. The van der Waals surface area contributed by atoms with Crippen LogP contribution in [0.15, 0.2) is 87.8 Å². The number of rotatable bonds is 4. The summed E-state index contributed by atoms with van der Waals surface area (Å²) in [6.45, 7) is 5.83. The SMILES string of the molecule is CCOC(=O)C1=C(C)N=c2sc(=Cc3cccc4ccccc34)c(=O)n2[C@@H]1c1ccc(C)cc1. The molecule has 0 aliphatic carbocycles. The summed E-state index contributed by atoms with van der Waals surface area (Å²) in [5.41, 5.74) is 3.72. The van der Waals surface area contributed by atoms with Gasteiger partial charge in [-0.3, -0.25) is 9.36 Å². The number of benzene rings is 3. The van der Waals surface area contributed by atoms with Gasteiger partial charge in [-0.05, 0) is 48.7 Å². The summed E-state index contributed by atoms with van der Waals surface area (Å²) >= 11 is 1.34. The molecular weight excluding hydrogens is 444 g/mol. The number of allylic oxidation sites excluding steroid dienone is 1. The van der Waals surface area contributed by atoms with Gasteiger partial charge in [-0.1, -0.05) is 83.6 Å². The maximum absolute atomic E-state index is 13.7. The van der Waals surface area contributed by atoms with Crippen LogP contribution in [0.1, 0.15) is 36.6 Å². The van der Waals surface area contributed by atoms with Crippen LogP contribution in [-0.2, 0) is 9.53 Å². The first-order chi connectivity index (χ1) is 16.5. The Kier molecular flexibility index (Phi) is 5.75. The van der Waals surface area contributed by atoms with Gasteiger partial charge in [0.2, 0.25) is 0 Å². The zero-order chi connectivity index (χ0) is 23.8. The largest absolute Gasteiger partial charge is 0.463 e. The van der Waals surface area contributed by atoms with Gasteiger partial charge in [0.15, 0.2) is 4.80 Å². The van der Waals surface area contributed by atoms with Gasteiger partial charge in [0.05, 0.1) is 28.5 Å². The molecule has 1 aliphatic heterocycles.